The van der Waals surface area contributed by atoms with E-state index in [1.165, 1.54) is 4.31 Å². The number of aryl methyl sites for hydroxylation is 2. The van der Waals surface area contributed by atoms with Gasteiger partial charge in [-0.1, -0.05) is 24.3 Å². The summed E-state index contributed by atoms with van der Waals surface area (Å²) >= 11 is 0. The molecule has 1 N–H and O–H groups in total. The van der Waals surface area contributed by atoms with Crippen LogP contribution in [0.3, 0.4) is 0 Å². The molecule has 0 aliphatic carbocycles. The Balaban J connectivity index is 1.89. The maximum Gasteiger partial charge on any atom is 0.265 e. The van der Waals surface area contributed by atoms with Crippen molar-refractivity contribution in [2.75, 3.05) is 22.4 Å². The second-order valence-electron chi connectivity index (χ2n) is 6.51. The molecule has 0 saturated heterocycles. The molecule has 0 radical (unpaired) electrons. The Labute approximate surface area is 153 Å². The van der Waals surface area contributed by atoms with Gasteiger partial charge in [-0.15, -0.1) is 0 Å². The fraction of sp³-hybridized carbons (Fsp3) is 0.316. The van der Waals surface area contributed by atoms with Gasteiger partial charge in [0.1, 0.15) is 5.75 Å². The second-order valence-corrected chi connectivity index (χ2v) is 8.41. The number of fused-ring (bicyclic) bond motifs is 1. The average molecular weight is 374 g/mol. The quantitative estimate of drug-likeness (QED) is 0.896. The van der Waals surface area contributed by atoms with Crippen LogP contribution in [0.2, 0.25) is 0 Å². The van der Waals surface area contributed by atoms with E-state index in [1.54, 1.807) is 12.1 Å². The van der Waals surface area contributed by atoms with Crippen LogP contribution in [-0.4, -0.2) is 33.2 Å². The summed E-state index contributed by atoms with van der Waals surface area (Å²) in [6, 6.07) is 12.8. The standard InChI is InChI=1S/C19H22N2O4S/c1-13-8-9-17-16(12-13)21(26(3,23)24)11-10-18(25-17)19(22)20-15-7-5-4-6-14(15)2/h4-9,12,18H,10-11H2,1-3H3,(H,20,22)/t18-/m1/s1. The Morgan fingerprint density at radius 3 is 2.62 bits per heavy atom. The van der Waals surface area contributed by atoms with E-state index in [0.717, 1.165) is 23.1 Å². The highest BCUT2D eigenvalue weighted by Gasteiger charge is 2.31. The van der Waals surface area contributed by atoms with Crippen molar-refractivity contribution < 1.29 is 17.9 Å². The average Bonchev–Trinajstić information content (AvgIpc) is 2.76. The molecule has 2 aromatic rings. The third-order valence-corrected chi connectivity index (χ3v) is 5.52. The molecule has 0 spiro atoms. The van der Waals surface area contributed by atoms with Crippen LogP contribution in [0.5, 0.6) is 5.75 Å². The zero-order valence-corrected chi connectivity index (χ0v) is 15.8. The minimum atomic E-state index is -3.47. The molecule has 7 heteroatoms. The number of para-hydroxylation sites is 1. The van der Waals surface area contributed by atoms with E-state index in [9.17, 15) is 13.2 Å². The summed E-state index contributed by atoms with van der Waals surface area (Å²) in [5, 5.41) is 2.87. The number of carbonyl (C=O) groups is 1. The Morgan fingerprint density at radius 1 is 1.19 bits per heavy atom. The van der Waals surface area contributed by atoms with E-state index in [0.29, 0.717) is 11.4 Å². The number of benzene rings is 2. The molecule has 0 fully saturated rings. The summed E-state index contributed by atoms with van der Waals surface area (Å²) in [5.41, 5.74) is 3.06. The lowest BCUT2D eigenvalue weighted by molar-refractivity contribution is -0.122. The van der Waals surface area contributed by atoms with Gasteiger partial charge in [-0.3, -0.25) is 9.10 Å². The first-order chi connectivity index (χ1) is 12.3. The summed E-state index contributed by atoms with van der Waals surface area (Å²) in [7, 11) is -3.47. The Kier molecular flexibility index (Phi) is 4.91. The van der Waals surface area contributed by atoms with E-state index in [1.807, 2.05) is 44.2 Å². The highest BCUT2D eigenvalue weighted by molar-refractivity contribution is 7.92. The number of hydrogen-bond donors (Lipinski definition) is 1. The van der Waals surface area contributed by atoms with Crippen molar-refractivity contribution in [3.8, 4) is 5.75 Å². The molecule has 0 aromatic heterocycles. The van der Waals surface area contributed by atoms with Crippen LogP contribution in [-0.2, 0) is 14.8 Å². The maximum absolute atomic E-state index is 12.7. The van der Waals surface area contributed by atoms with Gasteiger partial charge in [0.2, 0.25) is 10.0 Å². The number of carbonyl (C=O) groups excluding carboxylic acids is 1. The van der Waals surface area contributed by atoms with Crippen LogP contribution >= 0.6 is 0 Å². The zero-order chi connectivity index (χ0) is 18.9. The molecule has 0 saturated carbocycles. The zero-order valence-electron chi connectivity index (χ0n) is 15.0. The van der Waals surface area contributed by atoms with Crippen molar-refractivity contribution in [2.45, 2.75) is 26.4 Å². The minimum absolute atomic E-state index is 0.182. The molecular formula is C19H22N2O4S. The van der Waals surface area contributed by atoms with Crippen molar-refractivity contribution in [3.05, 3.63) is 53.6 Å². The maximum atomic E-state index is 12.7. The number of amides is 1. The molecule has 1 atom stereocenters. The number of sulfonamides is 1. The summed E-state index contributed by atoms with van der Waals surface area (Å²) in [5.74, 6) is 0.102. The molecule has 138 valence electrons. The van der Waals surface area contributed by atoms with Gasteiger partial charge in [-0.25, -0.2) is 8.42 Å². The number of nitrogens with zero attached hydrogens (tertiary/aromatic N) is 1. The first-order valence-electron chi connectivity index (χ1n) is 8.37. The van der Waals surface area contributed by atoms with Gasteiger partial charge in [0, 0.05) is 18.7 Å². The SMILES string of the molecule is Cc1ccc2c(c1)N(S(C)(=O)=O)CC[C@H](C(=O)Nc1ccccc1C)O2. The van der Waals surface area contributed by atoms with Gasteiger partial charge in [0.15, 0.2) is 6.10 Å². The molecule has 0 bridgehead atoms. The van der Waals surface area contributed by atoms with Crippen LogP contribution in [0.15, 0.2) is 42.5 Å². The molecule has 1 aliphatic heterocycles. The molecule has 1 heterocycles. The molecule has 1 amide bonds. The predicted molar refractivity (Wildman–Crippen MR) is 102 cm³/mol. The molecule has 0 unspecified atom stereocenters. The van der Waals surface area contributed by atoms with Gasteiger partial charge in [-0.2, -0.15) is 0 Å². The largest absolute Gasteiger partial charge is 0.478 e. The van der Waals surface area contributed by atoms with Crippen molar-refractivity contribution in [3.63, 3.8) is 0 Å². The van der Waals surface area contributed by atoms with Crippen molar-refractivity contribution in [2.24, 2.45) is 0 Å². The number of anilines is 2. The van der Waals surface area contributed by atoms with Crippen LogP contribution in [0, 0.1) is 13.8 Å². The Hall–Kier alpha value is -2.54. The van der Waals surface area contributed by atoms with E-state index in [4.69, 9.17) is 4.74 Å². The lowest BCUT2D eigenvalue weighted by atomic mass is 10.2. The highest BCUT2D eigenvalue weighted by Crippen LogP contribution is 2.35. The van der Waals surface area contributed by atoms with Crippen LogP contribution in [0.1, 0.15) is 17.5 Å². The molecule has 1 aliphatic rings. The molecule has 26 heavy (non-hydrogen) atoms. The third-order valence-electron chi connectivity index (χ3n) is 4.34. The number of rotatable bonds is 3. The first-order valence-corrected chi connectivity index (χ1v) is 10.2. The van der Waals surface area contributed by atoms with E-state index in [-0.39, 0.29) is 18.9 Å². The Morgan fingerprint density at radius 2 is 1.92 bits per heavy atom. The van der Waals surface area contributed by atoms with E-state index < -0.39 is 16.1 Å². The van der Waals surface area contributed by atoms with Gasteiger partial charge >= 0.3 is 0 Å². The Bertz CT molecular complexity index is 940. The number of nitrogens with one attached hydrogen (secondary N) is 1. The summed E-state index contributed by atoms with van der Waals surface area (Å²) in [6.07, 6.45) is 0.647. The van der Waals surface area contributed by atoms with E-state index >= 15 is 0 Å². The second kappa shape index (κ2) is 6.99. The monoisotopic (exact) mass is 374 g/mol. The van der Waals surface area contributed by atoms with Gasteiger partial charge in [-0.05, 0) is 43.2 Å². The predicted octanol–water partition coefficient (Wildman–Crippen LogP) is 2.86. The summed E-state index contributed by atoms with van der Waals surface area (Å²) in [6.45, 7) is 3.97. The van der Waals surface area contributed by atoms with Crippen molar-refractivity contribution >= 4 is 27.3 Å². The molecule has 2 aromatic carbocycles. The van der Waals surface area contributed by atoms with Gasteiger partial charge in [0.25, 0.3) is 5.91 Å². The van der Waals surface area contributed by atoms with Crippen LogP contribution in [0.4, 0.5) is 11.4 Å². The fourth-order valence-corrected chi connectivity index (χ4v) is 3.88. The first kappa shape index (κ1) is 18.3. The van der Waals surface area contributed by atoms with Gasteiger partial charge in [0.05, 0.1) is 11.9 Å². The van der Waals surface area contributed by atoms with Gasteiger partial charge < -0.3 is 10.1 Å². The third kappa shape index (κ3) is 3.83. The molecular weight excluding hydrogens is 352 g/mol. The summed E-state index contributed by atoms with van der Waals surface area (Å²) < 4.78 is 31.6. The molecule has 6 nitrogen and oxygen atoms in total. The van der Waals surface area contributed by atoms with E-state index in [2.05, 4.69) is 5.32 Å². The van der Waals surface area contributed by atoms with Crippen molar-refractivity contribution in [1.29, 1.82) is 0 Å². The van der Waals surface area contributed by atoms with Crippen LogP contribution in [0.25, 0.3) is 0 Å². The smallest absolute Gasteiger partial charge is 0.265 e. The summed E-state index contributed by atoms with van der Waals surface area (Å²) in [4.78, 5) is 12.7. The lowest BCUT2D eigenvalue weighted by Crippen LogP contribution is -2.36. The number of ether oxygens (including phenoxy) is 1. The highest BCUT2D eigenvalue weighted by atomic mass is 32.2. The van der Waals surface area contributed by atoms with Crippen molar-refractivity contribution in [1.82, 2.24) is 0 Å². The topological polar surface area (TPSA) is 75.7 Å². The normalized spacial score (nSPS) is 17.0. The van der Waals surface area contributed by atoms with Crippen LogP contribution < -0.4 is 14.4 Å². The minimum Gasteiger partial charge on any atom is -0.478 e. The number of hydrogen-bond acceptors (Lipinski definition) is 4. The fourth-order valence-electron chi connectivity index (χ4n) is 2.94. The molecule has 3 rings (SSSR count). The lowest BCUT2D eigenvalue weighted by Gasteiger charge is -2.21.